The van der Waals surface area contributed by atoms with Crippen LogP contribution in [0.4, 0.5) is 3.89 Å². The van der Waals surface area contributed by atoms with Gasteiger partial charge in [0.25, 0.3) is 0 Å². The van der Waals surface area contributed by atoms with Crippen molar-refractivity contribution in [1.82, 2.24) is 4.31 Å². The van der Waals surface area contributed by atoms with Crippen LogP contribution >= 0.6 is 0 Å². The minimum atomic E-state index is -4.45. The van der Waals surface area contributed by atoms with Crippen molar-refractivity contribution in [2.24, 2.45) is 5.73 Å². The second-order valence-corrected chi connectivity index (χ2v) is 3.36. The van der Waals surface area contributed by atoms with Gasteiger partial charge in [0, 0.05) is 19.1 Å². The molecule has 6 heteroatoms. The Kier molecular flexibility index (Phi) is 1.45. The molecule has 1 saturated heterocycles. The second-order valence-electron chi connectivity index (χ2n) is 2.02. The monoisotopic (exact) mass is 154 g/mol. The summed E-state index contributed by atoms with van der Waals surface area (Å²) in [4.78, 5) is 0. The molecule has 0 aliphatic carbocycles. The van der Waals surface area contributed by atoms with Crippen molar-refractivity contribution in [3.8, 4) is 0 Å². The fourth-order valence-electron chi connectivity index (χ4n) is 0.648. The molecule has 0 amide bonds. The Morgan fingerprint density at radius 3 is 2.11 bits per heavy atom. The van der Waals surface area contributed by atoms with Crippen LogP contribution < -0.4 is 5.73 Å². The minimum Gasteiger partial charge on any atom is -0.325 e. The van der Waals surface area contributed by atoms with Gasteiger partial charge >= 0.3 is 10.4 Å². The van der Waals surface area contributed by atoms with Crippen LogP contribution in [-0.2, 0) is 10.4 Å². The first-order chi connectivity index (χ1) is 4.00. The highest BCUT2D eigenvalue weighted by Gasteiger charge is 2.33. The lowest BCUT2D eigenvalue weighted by atomic mass is 10.2. The topological polar surface area (TPSA) is 63.4 Å². The molecule has 0 saturated carbocycles. The third kappa shape index (κ3) is 1.38. The molecule has 9 heavy (non-hydrogen) atoms. The van der Waals surface area contributed by atoms with Gasteiger partial charge in [-0.15, -0.1) is 0 Å². The van der Waals surface area contributed by atoms with E-state index < -0.39 is 10.4 Å². The minimum absolute atomic E-state index is 0.110. The van der Waals surface area contributed by atoms with Gasteiger partial charge in [-0.05, 0) is 0 Å². The van der Waals surface area contributed by atoms with Gasteiger partial charge in [0.1, 0.15) is 0 Å². The quantitative estimate of drug-likeness (QED) is 0.485. The van der Waals surface area contributed by atoms with Gasteiger partial charge in [0.05, 0.1) is 0 Å². The third-order valence-corrected chi connectivity index (χ3v) is 2.10. The summed E-state index contributed by atoms with van der Waals surface area (Å²) in [6.07, 6.45) is 0. The first-order valence-electron chi connectivity index (χ1n) is 2.45. The average Bonchev–Trinajstić information content (AvgIpc) is 1.55. The Morgan fingerprint density at radius 2 is 2.00 bits per heavy atom. The van der Waals surface area contributed by atoms with Gasteiger partial charge in [0.2, 0.25) is 0 Å². The van der Waals surface area contributed by atoms with E-state index in [0.29, 0.717) is 4.31 Å². The molecule has 0 bridgehead atoms. The van der Waals surface area contributed by atoms with Crippen LogP contribution in [0.1, 0.15) is 0 Å². The van der Waals surface area contributed by atoms with Gasteiger partial charge in [-0.25, -0.2) is 0 Å². The molecule has 0 radical (unpaired) electrons. The predicted molar refractivity (Wildman–Crippen MR) is 29.6 cm³/mol. The molecular weight excluding hydrogens is 147 g/mol. The van der Waals surface area contributed by atoms with E-state index in [4.69, 9.17) is 5.73 Å². The fourth-order valence-corrected chi connectivity index (χ4v) is 1.39. The second kappa shape index (κ2) is 1.89. The lowest BCUT2D eigenvalue weighted by Crippen LogP contribution is -2.56. The van der Waals surface area contributed by atoms with Gasteiger partial charge in [-0.3, -0.25) is 0 Å². The standard InChI is InChI=1S/C3H7FN2O2S/c4-9(7,8)6-1-3(5)2-6/h3H,1-2,5H2. The Morgan fingerprint density at radius 1 is 1.56 bits per heavy atom. The lowest BCUT2D eigenvalue weighted by Gasteiger charge is -2.31. The summed E-state index contributed by atoms with van der Waals surface area (Å²) in [6, 6.07) is -0.185. The van der Waals surface area contributed by atoms with E-state index >= 15 is 0 Å². The van der Waals surface area contributed by atoms with Gasteiger partial charge in [-0.1, -0.05) is 3.89 Å². The molecule has 1 heterocycles. The lowest BCUT2D eigenvalue weighted by molar-refractivity contribution is 0.253. The first kappa shape index (κ1) is 6.91. The van der Waals surface area contributed by atoms with Crippen molar-refractivity contribution in [3.05, 3.63) is 0 Å². The van der Waals surface area contributed by atoms with Gasteiger partial charge < -0.3 is 5.73 Å². The number of hydrogen-bond donors (Lipinski definition) is 1. The predicted octanol–water partition coefficient (Wildman–Crippen LogP) is -1.16. The van der Waals surface area contributed by atoms with Crippen molar-refractivity contribution < 1.29 is 12.3 Å². The summed E-state index contributed by atoms with van der Waals surface area (Å²) < 4.78 is 32.5. The molecule has 2 N–H and O–H groups in total. The molecule has 54 valence electrons. The normalized spacial score (nSPS) is 23.8. The fraction of sp³-hybridized carbons (Fsp3) is 1.00. The number of hydrogen-bond acceptors (Lipinski definition) is 3. The van der Waals surface area contributed by atoms with Crippen molar-refractivity contribution >= 4 is 10.4 Å². The molecule has 4 nitrogen and oxygen atoms in total. The van der Waals surface area contributed by atoms with Crippen LogP contribution in [-0.4, -0.2) is 31.9 Å². The zero-order valence-corrected chi connectivity index (χ0v) is 5.44. The van der Waals surface area contributed by atoms with Crippen LogP contribution in [0.5, 0.6) is 0 Å². The van der Waals surface area contributed by atoms with Crippen molar-refractivity contribution in [2.45, 2.75) is 6.04 Å². The zero-order valence-electron chi connectivity index (χ0n) is 4.62. The maximum atomic E-state index is 11.8. The van der Waals surface area contributed by atoms with Crippen LogP contribution in [0.25, 0.3) is 0 Å². The largest absolute Gasteiger partial charge is 0.374 e. The number of nitrogens with zero attached hydrogens (tertiary/aromatic N) is 1. The van der Waals surface area contributed by atoms with Crippen molar-refractivity contribution in [2.75, 3.05) is 13.1 Å². The summed E-state index contributed by atoms with van der Waals surface area (Å²) >= 11 is 0. The number of rotatable bonds is 1. The number of halogens is 1. The molecule has 0 aromatic carbocycles. The van der Waals surface area contributed by atoms with E-state index in [0.717, 1.165) is 0 Å². The summed E-state index contributed by atoms with van der Waals surface area (Å²) in [7, 11) is -4.45. The van der Waals surface area contributed by atoms with E-state index in [9.17, 15) is 12.3 Å². The molecule has 0 aromatic rings. The molecular formula is C3H7FN2O2S. The zero-order chi connectivity index (χ0) is 7.07. The molecule has 1 aliphatic rings. The van der Waals surface area contributed by atoms with E-state index in [-0.39, 0.29) is 19.1 Å². The molecule has 0 spiro atoms. The van der Waals surface area contributed by atoms with Crippen LogP contribution in [0, 0.1) is 0 Å². The maximum Gasteiger partial charge on any atom is 0.374 e. The van der Waals surface area contributed by atoms with E-state index in [1.165, 1.54) is 0 Å². The highest BCUT2D eigenvalue weighted by molar-refractivity contribution is 7.84. The highest BCUT2D eigenvalue weighted by atomic mass is 32.3. The summed E-state index contributed by atoms with van der Waals surface area (Å²) in [5, 5.41) is 0. The summed E-state index contributed by atoms with van der Waals surface area (Å²) in [6.45, 7) is 0.220. The molecule has 0 unspecified atom stereocenters. The van der Waals surface area contributed by atoms with Crippen LogP contribution in [0.15, 0.2) is 0 Å². The molecule has 0 atom stereocenters. The van der Waals surface area contributed by atoms with Crippen molar-refractivity contribution in [3.63, 3.8) is 0 Å². The first-order valence-corrected chi connectivity index (χ1v) is 3.79. The van der Waals surface area contributed by atoms with E-state index in [1.54, 1.807) is 0 Å². The molecule has 1 fully saturated rings. The van der Waals surface area contributed by atoms with Crippen LogP contribution in [0.3, 0.4) is 0 Å². The smallest absolute Gasteiger partial charge is 0.325 e. The SMILES string of the molecule is NC1CN(S(=O)(=O)F)C1. The molecule has 1 aliphatic heterocycles. The molecule has 1 rings (SSSR count). The Hall–Kier alpha value is -0.200. The van der Waals surface area contributed by atoms with E-state index in [2.05, 4.69) is 0 Å². The van der Waals surface area contributed by atoms with Crippen molar-refractivity contribution in [1.29, 1.82) is 0 Å². The van der Waals surface area contributed by atoms with Crippen LogP contribution in [0.2, 0.25) is 0 Å². The Balaban J connectivity index is 2.51. The average molecular weight is 154 g/mol. The maximum absolute atomic E-state index is 11.8. The highest BCUT2D eigenvalue weighted by Crippen LogP contribution is 2.11. The van der Waals surface area contributed by atoms with Gasteiger partial charge in [0.15, 0.2) is 0 Å². The Bertz CT molecular complexity index is 196. The van der Waals surface area contributed by atoms with Gasteiger partial charge in [-0.2, -0.15) is 12.7 Å². The number of nitrogens with two attached hydrogens (primary N) is 1. The Labute approximate surface area is 52.8 Å². The van der Waals surface area contributed by atoms with E-state index in [1.807, 2.05) is 0 Å². The summed E-state index contributed by atoms with van der Waals surface area (Å²) in [5.74, 6) is 0. The third-order valence-electron chi connectivity index (χ3n) is 1.18. The molecule has 0 aromatic heterocycles. The summed E-state index contributed by atoms with van der Waals surface area (Å²) in [5.41, 5.74) is 5.19.